The van der Waals surface area contributed by atoms with Crippen LogP contribution in [-0.2, 0) is 14.3 Å². The Labute approximate surface area is 144 Å². The highest BCUT2D eigenvalue weighted by Crippen LogP contribution is 2.60. The Bertz CT molecular complexity index is 464. The number of nitrogens with one attached hydrogen (secondary N) is 2. The fraction of sp³-hybridized carbons (Fsp3) is 0.895. The van der Waals surface area contributed by atoms with Crippen LogP contribution in [0.1, 0.15) is 51.4 Å². The Hall–Kier alpha value is -1.10. The van der Waals surface area contributed by atoms with Crippen LogP contribution in [0.25, 0.3) is 0 Å². The highest BCUT2D eigenvalue weighted by Gasteiger charge is 2.54. The molecule has 1 heterocycles. The van der Waals surface area contributed by atoms with Gasteiger partial charge in [0.15, 0.2) is 0 Å². The van der Waals surface area contributed by atoms with Gasteiger partial charge in [0.05, 0.1) is 6.61 Å². The molecule has 1 saturated heterocycles. The molecule has 0 aromatic heterocycles. The second kappa shape index (κ2) is 6.66. The zero-order chi connectivity index (χ0) is 16.6. The number of carbonyl (C=O) groups is 2. The van der Waals surface area contributed by atoms with Crippen LogP contribution in [0.5, 0.6) is 0 Å². The third kappa shape index (κ3) is 3.32. The van der Waals surface area contributed by atoms with E-state index < -0.39 is 0 Å². The summed E-state index contributed by atoms with van der Waals surface area (Å²) in [6.45, 7) is 2.72. The number of rotatable bonds is 6. The van der Waals surface area contributed by atoms with Crippen LogP contribution in [-0.4, -0.2) is 38.1 Å². The smallest absolute Gasteiger partial charge is 0.226 e. The molecule has 1 aliphatic heterocycles. The third-order valence-corrected chi connectivity index (χ3v) is 6.77. The van der Waals surface area contributed by atoms with Crippen molar-refractivity contribution in [2.75, 3.05) is 26.3 Å². The van der Waals surface area contributed by atoms with Crippen LogP contribution in [0, 0.1) is 29.1 Å². The molecule has 5 aliphatic rings. The first-order valence-electron chi connectivity index (χ1n) is 9.76. The predicted octanol–water partition coefficient (Wildman–Crippen LogP) is 1.86. The predicted molar refractivity (Wildman–Crippen MR) is 90.2 cm³/mol. The molecule has 0 aromatic carbocycles. The topological polar surface area (TPSA) is 67.4 Å². The molecule has 1 atom stereocenters. The van der Waals surface area contributed by atoms with Gasteiger partial charge in [-0.3, -0.25) is 9.59 Å². The van der Waals surface area contributed by atoms with Gasteiger partial charge in [-0.05, 0) is 62.7 Å². The van der Waals surface area contributed by atoms with E-state index in [1.54, 1.807) is 0 Å². The van der Waals surface area contributed by atoms with E-state index in [1.165, 1.54) is 19.3 Å². The molecule has 5 fully saturated rings. The van der Waals surface area contributed by atoms with Gasteiger partial charge in [-0.15, -0.1) is 0 Å². The minimum absolute atomic E-state index is 0.0349. The molecule has 0 unspecified atom stereocenters. The van der Waals surface area contributed by atoms with Gasteiger partial charge in [0.25, 0.3) is 0 Å². The van der Waals surface area contributed by atoms with Gasteiger partial charge < -0.3 is 15.4 Å². The third-order valence-electron chi connectivity index (χ3n) is 6.77. The first kappa shape index (κ1) is 16.4. The summed E-state index contributed by atoms with van der Waals surface area (Å²) in [5.41, 5.74) is -0.105. The molecular weight excluding hydrogens is 304 g/mol. The molecular formula is C19H30N2O3. The van der Waals surface area contributed by atoms with Crippen LogP contribution in [0.3, 0.4) is 0 Å². The van der Waals surface area contributed by atoms with E-state index in [2.05, 4.69) is 10.6 Å². The van der Waals surface area contributed by atoms with Gasteiger partial charge in [-0.1, -0.05) is 0 Å². The largest absolute Gasteiger partial charge is 0.381 e. The molecule has 5 heteroatoms. The zero-order valence-electron chi connectivity index (χ0n) is 14.5. The normalized spacial score (nSPS) is 39.8. The van der Waals surface area contributed by atoms with Crippen molar-refractivity contribution in [3.05, 3.63) is 0 Å². The first-order chi connectivity index (χ1) is 11.6. The van der Waals surface area contributed by atoms with Crippen LogP contribution in [0.15, 0.2) is 0 Å². The molecule has 5 nitrogen and oxygen atoms in total. The van der Waals surface area contributed by atoms with Crippen molar-refractivity contribution in [3.8, 4) is 0 Å². The van der Waals surface area contributed by atoms with Gasteiger partial charge in [0.2, 0.25) is 11.8 Å². The van der Waals surface area contributed by atoms with Crippen molar-refractivity contribution in [1.82, 2.24) is 10.6 Å². The fourth-order valence-electron chi connectivity index (χ4n) is 5.96. The van der Waals surface area contributed by atoms with Crippen molar-refractivity contribution in [1.29, 1.82) is 0 Å². The van der Waals surface area contributed by atoms with E-state index in [0.29, 0.717) is 25.4 Å². The molecule has 2 amide bonds. The summed E-state index contributed by atoms with van der Waals surface area (Å²) in [5.74, 6) is 3.04. The summed E-state index contributed by atoms with van der Waals surface area (Å²) < 4.78 is 5.31. The second-order valence-corrected chi connectivity index (χ2v) is 8.74. The highest BCUT2D eigenvalue weighted by molar-refractivity contribution is 5.84. The number of amides is 2. The van der Waals surface area contributed by atoms with E-state index in [-0.39, 0.29) is 17.2 Å². The highest BCUT2D eigenvalue weighted by atomic mass is 16.5. The van der Waals surface area contributed by atoms with Gasteiger partial charge >= 0.3 is 0 Å². The minimum atomic E-state index is -0.105. The van der Waals surface area contributed by atoms with E-state index in [0.717, 1.165) is 56.7 Å². The average molecular weight is 334 g/mol. The maximum atomic E-state index is 12.8. The van der Waals surface area contributed by atoms with Gasteiger partial charge in [0, 0.05) is 37.5 Å². The maximum absolute atomic E-state index is 12.8. The summed E-state index contributed by atoms with van der Waals surface area (Å²) >= 11 is 0. The lowest BCUT2D eigenvalue weighted by molar-refractivity contribution is -0.146. The van der Waals surface area contributed by atoms with Crippen molar-refractivity contribution < 1.29 is 14.3 Å². The lowest BCUT2D eigenvalue weighted by Gasteiger charge is -2.55. The second-order valence-electron chi connectivity index (χ2n) is 8.74. The summed E-state index contributed by atoms with van der Waals surface area (Å²) in [6.07, 6.45) is 8.70. The molecule has 0 spiro atoms. The number of hydrogen-bond acceptors (Lipinski definition) is 3. The standard InChI is InChI=1S/C19H30N2O3/c22-17(21-11-13-2-4-24-12-13)1-3-20-18(23)19-8-14-5-15(9-19)7-16(6-14)10-19/h13-16H,1-12H2,(H,20,23)(H,21,22)/t13-,14?,15?,16?,19?/m1/s1. The zero-order valence-corrected chi connectivity index (χ0v) is 14.5. The molecule has 5 rings (SSSR count). The number of hydrogen-bond donors (Lipinski definition) is 2. The van der Waals surface area contributed by atoms with E-state index in [1.807, 2.05) is 0 Å². The Kier molecular flexibility index (Phi) is 4.54. The summed E-state index contributed by atoms with van der Waals surface area (Å²) in [5, 5.41) is 6.04. The van der Waals surface area contributed by atoms with Crippen LogP contribution < -0.4 is 10.6 Å². The Morgan fingerprint density at radius 3 is 2.25 bits per heavy atom. The molecule has 4 aliphatic carbocycles. The quantitative estimate of drug-likeness (QED) is 0.779. The van der Waals surface area contributed by atoms with Gasteiger partial charge in [-0.2, -0.15) is 0 Å². The molecule has 0 radical (unpaired) electrons. The van der Waals surface area contributed by atoms with E-state index >= 15 is 0 Å². The SMILES string of the molecule is O=C(CCNC(=O)C12CC3CC(CC(C3)C1)C2)NC[C@H]1CCOC1. The Morgan fingerprint density at radius 1 is 1.00 bits per heavy atom. The Balaban J connectivity index is 1.20. The van der Waals surface area contributed by atoms with Gasteiger partial charge in [0.1, 0.15) is 0 Å². The van der Waals surface area contributed by atoms with Gasteiger partial charge in [-0.25, -0.2) is 0 Å². The first-order valence-corrected chi connectivity index (χ1v) is 9.76. The van der Waals surface area contributed by atoms with Crippen molar-refractivity contribution >= 4 is 11.8 Å². The Morgan fingerprint density at radius 2 is 1.67 bits per heavy atom. The lowest BCUT2D eigenvalue weighted by atomic mass is 9.49. The van der Waals surface area contributed by atoms with Crippen LogP contribution in [0.4, 0.5) is 0 Å². The molecule has 4 bridgehead atoms. The van der Waals surface area contributed by atoms with Crippen molar-refractivity contribution in [2.24, 2.45) is 29.1 Å². The fourth-order valence-corrected chi connectivity index (χ4v) is 5.96. The molecule has 134 valence electrons. The van der Waals surface area contributed by atoms with E-state index in [4.69, 9.17) is 4.74 Å². The lowest BCUT2D eigenvalue weighted by Crippen LogP contribution is -2.53. The van der Waals surface area contributed by atoms with Crippen LogP contribution in [0.2, 0.25) is 0 Å². The molecule has 24 heavy (non-hydrogen) atoms. The van der Waals surface area contributed by atoms with E-state index in [9.17, 15) is 9.59 Å². The molecule has 0 aromatic rings. The number of ether oxygens (including phenoxy) is 1. The summed E-state index contributed by atoms with van der Waals surface area (Å²) in [7, 11) is 0. The average Bonchev–Trinajstić information content (AvgIpc) is 3.05. The summed E-state index contributed by atoms with van der Waals surface area (Å²) in [6, 6.07) is 0. The molecule has 4 saturated carbocycles. The minimum Gasteiger partial charge on any atom is -0.381 e. The van der Waals surface area contributed by atoms with Crippen molar-refractivity contribution in [3.63, 3.8) is 0 Å². The number of carbonyl (C=O) groups excluding carboxylic acids is 2. The van der Waals surface area contributed by atoms with Crippen molar-refractivity contribution in [2.45, 2.75) is 51.4 Å². The summed E-state index contributed by atoms with van der Waals surface area (Å²) in [4.78, 5) is 24.7. The maximum Gasteiger partial charge on any atom is 0.226 e. The molecule has 2 N–H and O–H groups in total. The monoisotopic (exact) mass is 334 g/mol. The van der Waals surface area contributed by atoms with Crippen LogP contribution >= 0.6 is 0 Å².